The molecule has 0 aliphatic heterocycles. The van der Waals surface area contributed by atoms with Gasteiger partial charge >= 0.3 is 0 Å². The summed E-state index contributed by atoms with van der Waals surface area (Å²) in [4.78, 5) is 4.61. The molecule has 0 aliphatic rings. The van der Waals surface area contributed by atoms with Crippen LogP contribution in [0.3, 0.4) is 0 Å². The number of aryl methyl sites for hydroxylation is 1. The van der Waals surface area contributed by atoms with E-state index >= 15 is 0 Å². The van der Waals surface area contributed by atoms with Crippen LogP contribution < -0.4 is 5.32 Å². The smallest absolute Gasteiger partial charge is 0.162 e. The topological polar surface area (TPSA) is 38.1 Å². The summed E-state index contributed by atoms with van der Waals surface area (Å²) in [5, 5.41) is 6.49. The van der Waals surface area contributed by atoms with Crippen LogP contribution in [0.2, 0.25) is 0 Å². The van der Waals surface area contributed by atoms with E-state index in [9.17, 15) is 0 Å². The van der Waals surface area contributed by atoms with Gasteiger partial charge in [0.1, 0.15) is 5.76 Å². The van der Waals surface area contributed by atoms with Crippen molar-refractivity contribution in [1.29, 1.82) is 0 Å². The van der Waals surface area contributed by atoms with Crippen LogP contribution >= 0.6 is 11.3 Å². The highest BCUT2D eigenvalue weighted by atomic mass is 32.1. The van der Waals surface area contributed by atoms with E-state index in [0.29, 0.717) is 6.04 Å². The first-order chi connectivity index (χ1) is 8.20. The van der Waals surface area contributed by atoms with Gasteiger partial charge in [0.2, 0.25) is 0 Å². The van der Waals surface area contributed by atoms with Crippen LogP contribution in [0.5, 0.6) is 0 Å². The van der Waals surface area contributed by atoms with Crippen molar-refractivity contribution in [2.45, 2.75) is 33.2 Å². The van der Waals surface area contributed by atoms with E-state index in [1.165, 1.54) is 0 Å². The third-order valence-corrected chi connectivity index (χ3v) is 3.49. The van der Waals surface area contributed by atoms with Crippen LogP contribution in [0.4, 0.5) is 0 Å². The van der Waals surface area contributed by atoms with Gasteiger partial charge in [-0.2, -0.15) is 0 Å². The molecule has 2 aromatic heterocycles. The van der Waals surface area contributed by atoms with Gasteiger partial charge < -0.3 is 9.73 Å². The van der Waals surface area contributed by atoms with Crippen molar-refractivity contribution in [1.82, 2.24) is 10.3 Å². The third-order valence-electron chi connectivity index (χ3n) is 2.62. The lowest BCUT2D eigenvalue weighted by atomic mass is 10.2. The number of thiazole rings is 1. The first-order valence-corrected chi connectivity index (χ1v) is 6.84. The molecule has 92 valence electrons. The van der Waals surface area contributed by atoms with Gasteiger partial charge in [0.25, 0.3) is 0 Å². The maximum Gasteiger partial charge on any atom is 0.162 e. The molecule has 0 radical (unpaired) electrons. The molecular formula is C13H18N2OS. The van der Waals surface area contributed by atoms with Crippen molar-refractivity contribution < 1.29 is 4.42 Å². The highest BCUT2D eigenvalue weighted by Crippen LogP contribution is 2.27. The minimum absolute atomic E-state index is 0.302. The van der Waals surface area contributed by atoms with Crippen LogP contribution in [0.1, 0.15) is 37.8 Å². The lowest BCUT2D eigenvalue weighted by molar-refractivity contribution is 0.544. The molecule has 0 fully saturated rings. The summed E-state index contributed by atoms with van der Waals surface area (Å²) in [5.41, 5.74) is 1.09. The lowest BCUT2D eigenvalue weighted by Crippen LogP contribution is -2.19. The lowest BCUT2D eigenvalue weighted by Gasteiger charge is -2.09. The quantitative estimate of drug-likeness (QED) is 0.877. The minimum atomic E-state index is 0.302. The van der Waals surface area contributed by atoms with Gasteiger partial charge in [0.15, 0.2) is 10.8 Å². The number of hydrogen-bond donors (Lipinski definition) is 1. The number of nitrogens with zero attached hydrogens (tertiary/aromatic N) is 1. The van der Waals surface area contributed by atoms with E-state index in [2.05, 4.69) is 29.5 Å². The van der Waals surface area contributed by atoms with Crippen LogP contribution in [0.25, 0.3) is 10.8 Å². The summed E-state index contributed by atoms with van der Waals surface area (Å²) in [7, 11) is 0. The Kier molecular flexibility index (Phi) is 3.97. The average Bonchev–Trinajstić information content (AvgIpc) is 2.93. The maximum absolute atomic E-state index is 5.57. The first-order valence-electron chi connectivity index (χ1n) is 5.96. The second kappa shape index (κ2) is 5.47. The van der Waals surface area contributed by atoms with Crippen molar-refractivity contribution >= 4 is 11.3 Å². The van der Waals surface area contributed by atoms with E-state index in [0.717, 1.165) is 35.2 Å². The van der Waals surface area contributed by atoms with E-state index < -0.39 is 0 Å². The van der Waals surface area contributed by atoms with Gasteiger partial charge in [-0.15, -0.1) is 11.3 Å². The molecule has 1 N–H and O–H groups in total. The Balaban J connectivity index is 2.10. The normalized spacial score (nSPS) is 12.9. The fraction of sp³-hybridized carbons (Fsp3) is 0.462. The molecule has 0 bridgehead atoms. The summed E-state index contributed by atoms with van der Waals surface area (Å²) in [6.07, 6.45) is 1.14. The Morgan fingerprint density at radius 2 is 2.29 bits per heavy atom. The minimum Gasteiger partial charge on any atom is -0.459 e. The Morgan fingerprint density at radius 3 is 2.94 bits per heavy atom. The van der Waals surface area contributed by atoms with Gasteiger partial charge in [0.05, 0.1) is 5.69 Å². The third kappa shape index (κ3) is 2.96. The number of nitrogens with one attached hydrogen (secondary N) is 1. The molecule has 0 aromatic carbocycles. The molecule has 2 heterocycles. The van der Waals surface area contributed by atoms with Crippen LogP contribution in [0.15, 0.2) is 21.9 Å². The Morgan fingerprint density at radius 1 is 1.47 bits per heavy atom. The zero-order chi connectivity index (χ0) is 12.3. The van der Waals surface area contributed by atoms with Crippen LogP contribution in [-0.2, 0) is 0 Å². The van der Waals surface area contributed by atoms with E-state index in [4.69, 9.17) is 4.42 Å². The molecule has 1 atom stereocenters. The molecule has 0 amide bonds. The molecular weight excluding hydrogens is 232 g/mol. The SMILES string of the molecule is CCCNC(C)c1csc(-c2ccc(C)o2)n1. The van der Waals surface area contributed by atoms with Gasteiger partial charge in [-0.05, 0) is 38.9 Å². The standard InChI is InChI=1S/C13H18N2OS/c1-4-7-14-10(3)11-8-17-13(15-11)12-6-5-9(2)16-12/h5-6,8,10,14H,4,7H2,1-3H3. The summed E-state index contributed by atoms with van der Waals surface area (Å²) >= 11 is 1.63. The molecule has 2 rings (SSSR count). The molecule has 0 saturated carbocycles. The van der Waals surface area contributed by atoms with Gasteiger partial charge in [-0.1, -0.05) is 6.92 Å². The highest BCUT2D eigenvalue weighted by molar-refractivity contribution is 7.13. The summed E-state index contributed by atoms with van der Waals surface area (Å²) < 4.78 is 5.57. The van der Waals surface area contributed by atoms with Crippen molar-refractivity contribution in [2.24, 2.45) is 0 Å². The number of aromatic nitrogens is 1. The summed E-state index contributed by atoms with van der Waals surface area (Å²) in [5.74, 6) is 1.79. The van der Waals surface area contributed by atoms with E-state index in [1.807, 2.05) is 19.1 Å². The second-order valence-electron chi connectivity index (χ2n) is 4.16. The van der Waals surface area contributed by atoms with Crippen molar-refractivity contribution in [3.8, 4) is 10.8 Å². The fourth-order valence-electron chi connectivity index (χ4n) is 1.61. The molecule has 4 heteroatoms. The van der Waals surface area contributed by atoms with Gasteiger partial charge in [0, 0.05) is 11.4 Å². The molecule has 3 nitrogen and oxygen atoms in total. The second-order valence-corrected chi connectivity index (χ2v) is 5.02. The number of rotatable bonds is 5. The molecule has 0 aliphatic carbocycles. The molecule has 2 aromatic rings. The monoisotopic (exact) mass is 250 g/mol. The predicted octanol–water partition coefficient (Wildman–Crippen LogP) is 3.77. The molecule has 17 heavy (non-hydrogen) atoms. The van der Waals surface area contributed by atoms with Gasteiger partial charge in [-0.25, -0.2) is 4.98 Å². The Labute approximate surface area is 106 Å². The van der Waals surface area contributed by atoms with Gasteiger partial charge in [-0.3, -0.25) is 0 Å². The fourth-order valence-corrected chi connectivity index (χ4v) is 2.49. The first kappa shape index (κ1) is 12.3. The average molecular weight is 250 g/mol. The number of hydrogen-bond acceptors (Lipinski definition) is 4. The van der Waals surface area contributed by atoms with Crippen molar-refractivity contribution in [3.05, 3.63) is 29.0 Å². The molecule has 0 saturated heterocycles. The Bertz CT molecular complexity index is 475. The van der Waals surface area contributed by atoms with Crippen LogP contribution in [0, 0.1) is 6.92 Å². The van der Waals surface area contributed by atoms with E-state index in [-0.39, 0.29) is 0 Å². The summed E-state index contributed by atoms with van der Waals surface area (Å²) in [6, 6.07) is 4.24. The zero-order valence-corrected chi connectivity index (χ0v) is 11.3. The summed E-state index contributed by atoms with van der Waals surface area (Å²) in [6.45, 7) is 7.27. The van der Waals surface area contributed by atoms with Crippen molar-refractivity contribution in [3.63, 3.8) is 0 Å². The largest absolute Gasteiger partial charge is 0.459 e. The van der Waals surface area contributed by atoms with Crippen LogP contribution in [-0.4, -0.2) is 11.5 Å². The van der Waals surface area contributed by atoms with E-state index in [1.54, 1.807) is 11.3 Å². The number of furan rings is 1. The maximum atomic E-state index is 5.57. The predicted molar refractivity (Wildman–Crippen MR) is 71.3 cm³/mol. The highest BCUT2D eigenvalue weighted by Gasteiger charge is 2.12. The molecule has 0 spiro atoms. The zero-order valence-electron chi connectivity index (χ0n) is 10.5. The molecule has 1 unspecified atom stereocenters. The Hall–Kier alpha value is -1.13. The van der Waals surface area contributed by atoms with Crippen molar-refractivity contribution in [2.75, 3.05) is 6.54 Å².